The summed E-state index contributed by atoms with van der Waals surface area (Å²) in [5.41, 5.74) is 1.70. The molecule has 0 bridgehead atoms. The first-order valence-electron chi connectivity index (χ1n) is 10.7. The first kappa shape index (κ1) is 24.1. The maximum atomic E-state index is 13.1. The van der Waals surface area contributed by atoms with Crippen molar-refractivity contribution in [3.63, 3.8) is 0 Å². The number of aliphatic hydroxyl groups is 1. The Balaban J connectivity index is 2.20. The molecule has 0 aliphatic carbocycles. The van der Waals surface area contributed by atoms with Crippen molar-refractivity contribution in [3.05, 3.63) is 58.7 Å². The zero-order valence-electron chi connectivity index (χ0n) is 19.6. The van der Waals surface area contributed by atoms with Crippen LogP contribution in [0.15, 0.2) is 42.0 Å². The summed E-state index contributed by atoms with van der Waals surface area (Å²) in [4.78, 5) is 29.5. The van der Waals surface area contributed by atoms with Crippen molar-refractivity contribution >= 4 is 17.4 Å². The molecule has 1 aliphatic rings. The number of hydrogen-bond donors (Lipinski definition) is 2. The predicted molar refractivity (Wildman–Crippen MR) is 125 cm³/mol. The number of aromatic hydroxyl groups is 1. The minimum Gasteiger partial charge on any atom is -0.507 e. The van der Waals surface area contributed by atoms with Crippen molar-refractivity contribution < 1.29 is 29.3 Å². The second-order valence-electron chi connectivity index (χ2n) is 8.14. The molecule has 3 rings (SSSR count). The molecule has 8 heteroatoms. The number of phenols is 1. The molecule has 33 heavy (non-hydrogen) atoms. The summed E-state index contributed by atoms with van der Waals surface area (Å²) in [6.45, 7) is 4.74. The largest absolute Gasteiger partial charge is 0.507 e. The number of benzene rings is 2. The fourth-order valence-electron chi connectivity index (χ4n) is 3.91. The van der Waals surface area contributed by atoms with Gasteiger partial charge >= 0.3 is 0 Å². The van der Waals surface area contributed by atoms with Crippen molar-refractivity contribution in [2.24, 2.45) is 0 Å². The molecule has 2 aromatic carbocycles. The quantitative estimate of drug-likeness (QED) is 0.359. The van der Waals surface area contributed by atoms with E-state index >= 15 is 0 Å². The van der Waals surface area contributed by atoms with Gasteiger partial charge in [-0.2, -0.15) is 0 Å². The van der Waals surface area contributed by atoms with Crippen LogP contribution < -0.4 is 9.47 Å². The molecule has 0 aromatic heterocycles. The van der Waals surface area contributed by atoms with Gasteiger partial charge in [-0.05, 0) is 69.4 Å². The first-order chi connectivity index (χ1) is 15.7. The number of aryl methyl sites for hydroxylation is 1. The third-order valence-electron chi connectivity index (χ3n) is 5.62. The topological polar surface area (TPSA) is 99.5 Å². The number of ether oxygens (including phenoxy) is 2. The number of aliphatic hydroxyl groups excluding tert-OH is 1. The van der Waals surface area contributed by atoms with E-state index < -0.39 is 17.7 Å². The highest BCUT2D eigenvalue weighted by Gasteiger charge is 2.46. The van der Waals surface area contributed by atoms with Gasteiger partial charge in [-0.25, -0.2) is 0 Å². The van der Waals surface area contributed by atoms with Crippen LogP contribution in [0.25, 0.3) is 5.76 Å². The molecule has 1 saturated heterocycles. The number of Topliss-reactive ketones (excluding diaryl/α,β-unsaturated/α-hetero) is 1. The summed E-state index contributed by atoms with van der Waals surface area (Å²) in [6.07, 6.45) is 0. The number of methoxy groups -OCH3 is 1. The molecule has 176 valence electrons. The van der Waals surface area contributed by atoms with Gasteiger partial charge in [0.2, 0.25) is 0 Å². The molecule has 1 aliphatic heterocycles. The highest BCUT2D eigenvalue weighted by atomic mass is 16.5. The van der Waals surface area contributed by atoms with Crippen molar-refractivity contribution in [3.8, 4) is 17.2 Å². The summed E-state index contributed by atoms with van der Waals surface area (Å²) in [5.74, 6) is -0.868. The van der Waals surface area contributed by atoms with E-state index in [-0.39, 0.29) is 29.4 Å². The van der Waals surface area contributed by atoms with Crippen LogP contribution >= 0.6 is 0 Å². The second kappa shape index (κ2) is 9.95. The van der Waals surface area contributed by atoms with Crippen molar-refractivity contribution in [1.82, 2.24) is 9.80 Å². The minimum absolute atomic E-state index is 0.000149. The van der Waals surface area contributed by atoms with Crippen LogP contribution in [-0.4, -0.2) is 72.6 Å². The van der Waals surface area contributed by atoms with E-state index in [1.54, 1.807) is 51.3 Å². The summed E-state index contributed by atoms with van der Waals surface area (Å²) in [7, 11) is 5.30. The highest BCUT2D eigenvalue weighted by molar-refractivity contribution is 6.46. The number of likely N-dealkylation sites (N-methyl/N-ethyl adjacent to an activating group) is 1. The number of phenolic OH excluding ortho intramolecular Hbond substituents is 1. The summed E-state index contributed by atoms with van der Waals surface area (Å²) in [5, 5.41) is 21.4. The van der Waals surface area contributed by atoms with Crippen molar-refractivity contribution in [1.29, 1.82) is 0 Å². The number of likely N-dealkylation sites (tertiary alicyclic amines) is 1. The maximum absolute atomic E-state index is 13.1. The van der Waals surface area contributed by atoms with Crippen LogP contribution in [0.3, 0.4) is 0 Å². The zero-order valence-corrected chi connectivity index (χ0v) is 19.6. The van der Waals surface area contributed by atoms with Crippen LogP contribution in [0.4, 0.5) is 0 Å². The molecule has 1 amide bonds. The molecule has 0 saturated carbocycles. The lowest BCUT2D eigenvalue weighted by Crippen LogP contribution is -2.35. The number of hydrogen-bond acceptors (Lipinski definition) is 7. The SMILES string of the molecule is CCOc1cc([C@@H]2/C(=C(\O)c3ccc(OC)cc3C)C(=O)C(=O)N2CCN(C)C)ccc1O. The highest BCUT2D eigenvalue weighted by Crippen LogP contribution is 2.42. The third-order valence-corrected chi connectivity index (χ3v) is 5.62. The Bertz CT molecular complexity index is 1090. The fourth-order valence-corrected chi connectivity index (χ4v) is 3.91. The standard InChI is InChI=1S/C25H30N2O6/c1-6-33-20-14-16(7-10-19(20)28)22-21(24(30)25(31)27(22)12-11-26(3)4)23(29)18-9-8-17(32-5)13-15(18)2/h7-10,13-14,22,28-29H,6,11-12H2,1-5H3/b23-21+/t22-/m1/s1. The van der Waals surface area contributed by atoms with Gasteiger partial charge in [0.05, 0.1) is 25.3 Å². The molecule has 0 radical (unpaired) electrons. The van der Waals surface area contributed by atoms with Crippen LogP contribution in [0.2, 0.25) is 0 Å². The maximum Gasteiger partial charge on any atom is 0.295 e. The van der Waals surface area contributed by atoms with E-state index in [2.05, 4.69) is 0 Å². The van der Waals surface area contributed by atoms with Gasteiger partial charge in [-0.15, -0.1) is 0 Å². The summed E-state index contributed by atoms with van der Waals surface area (Å²) < 4.78 is 10.7. The van der Waals surface area contributed by atoms with E-state index in [0.29, 0.717) is 35.6 Å². The van der Waals surface area contributed by atoms with Gasteiger partial charge in [0, 0.05) is 18.7 Å². The Morgan fingerprint density at radius 1 is 1.15 bits per heavy atom. The predicted octanol–water partition coefficient (Wildman–Crippen LogP) is 3.09. The number of carbonyl (C=O) groups excluding carboxylic acids is 2. The van der Waals surface area contributed by atoms with Crippen molar-refractivity contribution in [2.75, 3.05) is 40.9 Å². The van der Waals surface area contributed by atoms with E-state index in [0.717, 1.165) is 0 Å². The minimum atomic E-state index is -0.828. The zero-order chi connectivity index (χ0) is 24.3. The Labute approximate surface area is 193 Å². The van der Waals surface area contributed by atoms with E-state index in [1.807, 2.05) is 19.0 Å². The molecule has 1 heterocycles. The Morgan fingerprint density at radius 3 is 2.48 bits per heavy atom. The smallest absolute Gasteiger partial charge is 0.295 e. The Hall–Kier alpha value is -3.52. The normalized spacial score (nSPS) is 17.6. The molecule has 1 atom stereocenters. The number of nitrogens with zero attached hydrogens (tertiary/aromatic N) is 2. The number of rotatable bonds is 8. The lowest BCUT2D eigenvalue weighted by atomic mass is 9.93. The van der Waals surface area contributed by atoms with E-state index in [9.17, 15) is 19.8 Å². The number of carbonyl (C=O) groups is 2. The average molecular weight is 455 g/mol. The third kappa shape index (κ3) is 4.80. The first-order valence-corrected chi connectivity index (χ1v) is 10.7. The van der Waals surface area contributed by atoms with Gasteiger partial charge < -0.3 is 29.5 Å². The monoisotopic (exact) mass is 454 g/mol. The van der Waals surface area contributed by atoms with Gasteiger partial charge in [0.25, 0.3) is 11.7 Å². The van der Waals surface area contributed by atoms with E-state index in [1.165, 1.54) is 11.0 Å². The van der Waals surface area contributed by atoms with Gasteiger partial charge in [0.1, 0.15) is 11.5 Å². The molecular formula is C25H30N2O6. The van der Waals surface area contributed by atoms with Gasteiger partial charge in [-0.3, -0.25) is 9.59 Å². The molecule has 2 aromatic rings. The summed E-state index contributed by atoms with van der Waals surface area (Å²) in [6, 6.07) is 8.97. The average Bonchev–Trinajstić information content (AvgIpc) is 3.03. The Kier molecular flexibility index (Phi) is 7.28. The van der Waals surface area contributed by atoms with Gasteiger partial charge in [0.15, 0.2) is 11.5 Å². The molecule has 0 unspecified atom stereocenters. The molecular weight excluding hydrogens is 424 g/mol. The van der Waals surface area contributed by atoms with Crippen LogP contribution in [0.5, 0.6) is 17.2 Å². The molecule has 0 spiro atoms. The molecule has 8 nitrogen and oxygen atoms in total. The van der Waals surface area contributed by atoms with Crippen LogP contribution in [-0.2, 0) is 9.59 Å². The van der Waals surface area contributed by atoms with Crippen molar-refractivity contribution in [2.45, 2.75) is 19.9 Å². The Morgan fingerprint density at radius 2 is 1.88 bits per heavy atom. The van der Waals surface area contributed by atoms with Gasteiger partial charge in [-0.1, -0.05) is 6.07 Å². The summed E-state index contributed by atoms with van der Waals surface area (Å²) >= 11 is 0. The number of ketones is 1. The number of amides is 1. The lowest BCUT2D eigenvalue weighted by Gasteiger charge is -2.27. The van der Waals surface area contributed by atoms with E-state index in [4.69, 9.17) is 9.47 Å². The lowest BCUT2D eigenvalue weighted by molar-refractivity contribution is -0.140. The van der Waals surface area contributed by atoms with Crippen LogP contribution in [0.1, 0.15) is 29.7 Å². The second-order valence-corrected chi connectivity index (χ2v) is 8.14. The molecule has 1 fully saturated rings. The van der Waals surface area contributed by atoms with Crippen LogP contribution in [0, 0.1) is 6.92 Å². The fraction of sp³-hybridized carbons (Fsp3) is 0.360. The molecule has 2 N–H and O–H groups in total.